The Kier molecular flexibility index (Phi) is 5.48. The summed E-state index contributed by atoms with van der Waals surface area (Å²) in [6.45, 7) is 2.70. The minimum absolute atomic E-state index is 0.272. The molecule has 2 aromatic carbocycles. The highest BCUT2D eigenvalue weighted by Crippen LogP contribution is 2.22. The molecule has 0 aromatic heterocycles. The predicted molar refractivity (Wildman–Crippen MR) is 86.1 cm³/mol. The van der Waals surface area contributed by atoms with Gasteiger partial charge in [-0.1, -0.05) is 23.7 Å². The van der Waals surface area contributed by atoms with Crippen LogP contribution in [0.5, 0.6) is 11.5 Å². The number of phenols is 1. The van der Waals surface area contributed by atoms with E-state index in [0.29, 0.717) is 6.54 Å². The van der Waals surface area contributed by atoms with E-state index in [-0.39, 0.29) is 11.8 Å². The molecular weight excluding hydrogens is 286 g/mol. The van der Waals surface area contributed by atoms with E-state index in [1.165, 1.54) is 5.56 Å². The van der Waals surface area contributed by atoms with Crippen molar-refractivity contribution in [1.29, 1.82) is 0 Å². The number of rotatable bonds is 6. The zero-order chi connectivity index (χ0) is 15.2. The topological polar surface area (TPSA) is 41.5 Å². The fourth-order valence-corrected chi connectivity index (χ4v) is 2.42. The first-order valence-corrected chi connectivity index (χ1v) is 7.30. The van der Waals surface area contributed by atoms with Gasteiger partial charge < -0.3 is 15.2 Å². The van der Waals surface area contributed by atoms with Crippen molar-refractivity contribution in [2.75, 3.05) is 7.11 Å². The molecule has 0 spiro atoms. The van der Waals surface area contributed by atoms with E-state index in [0.717, 1.165) is 22.8 Å². The maximum atomic E-state index is 9.86. The Balaban J connectivity index is 1.93. The van der Waals surface area contributed by atoms with Crippen molar-refractivity contribution in [2.45, 2.75) is 25.9 Å². The van der Waals surface area contributed by atoms with Crippen molar-refractivity contribution in [3.63, 3.8) is 0 Å². The summed E-state index contributed by atoms with van der Waals surface area (Å²) in [5, 5.41) is 14.0. The van der Waals surface area contributed by atoms with Crippen LogP contribution in [0.15, 0.2) is 42.5 Å². The Labute approximate surface area is 130 Å². The molecule has 2 N–H and O–H groups in total. The van der Waals surface area contributed by atoms with Crippen LogP contribution in [0.25, 0.3) is 0 Å². The zero-order valence-electron chi connectivity index (χ0n) is 12.3. The van der Waals surface area contributed by atoms with Gasteiger partial charge in [-0.2, -0.15) is 0 Å². The van der Waals surface area contributed by atoms with Gasteiger partial charge in [0.1, 0.15) is 11.5 Å². The van der Waals surface area contributed by atoms with Crippen molar-refractivity contribution in [1.82, 2.24) is 5.32 Å². The highest BCUT2D eigenvalue weighted by Gasteiger charge is 2.07. The number of phenolic OH excluding ortho intramolecular Hbond substituents is 1. The van der Waals surface area contributed by atoms with Crippen LogP contribution in [-0.2, 0) is 13.0 Å². The maximum Gasteiger partial charge on any atom is 0.120 e. The molecule has 1 unspecified atom stereocenters. The maximum absolute atomic E-state index is 9.86. The molecule has 4 heteroatoms. The summed E-state index contributed by atoms with van der Waals surface area (Å²) in [5.74, 6) is 1.02. The third kappa shape index (κ3) is 4.66. The minimum Gasteiger partial charge on any atom is -0.508 e. The summed E-state index contributed by atoms with van der Waals surface area (Å²) < 4.78 is 5.17. The molecule has 0 aliphatic rings. The second kappa shape index (κ2) is 7.34. The van der Waals surface area contributed by atoms with E-state index in [9.17, 15) is 5.11 Å². The SMILES string of the molecule is COc1ccc(O)c(CNC(C)Cc2cccc(Cl)c2)c1. The number of ether oxygens (including phenoxy) is 1. The van der Waals surface area contributed by atoms with E-state index < -0.39 is 0 Å². The van der Waals surface area contributed by atoms with Crippen LogP contribution in [0.1, 0.15) is 18.1 Å². The largest absolute Gasteiger partial charge is 0.508 e. The van der Waals surface area contributed by atoms with Crippen LogP contribution in [0.4, 0.5) is 0 Å². The molecule has 1 atom stereocenters. The van der Waals surface area contributed by atoms with Gasteiger partial charge in [0.15, 0.2) is 0 Å². The van der Waals surface area contributed by atoms with Gasteiger partial charge in [0.05, 0.1) is 7.11 Å². The Morgan fingerprint density at radius 1 is 1.24 bits per heavy atom. The Bertz CT molecular complexity index is 601. The summed E-state index contributed by atoms with van der Waals surface area (Å²) in [5.41, 5.74) is 2.02. The van der Waals surface area contributed by atoms with Crippen LogP contribution in [0, 0.1) is 0 Å². The molecule has 0 fully saturated rings. The molecule has 21 heavy (non-hydrogen) atoms. The number of hydrogen-bond acceptors (Lipinski definition) is 3. The van der Waals surface area contributed by atoms with Gasteiger partial charge in [-0.15, -0.1) is 0 Å². The molecular formula is C17H20ClNO2. The first-order valence-electron chi connectivity index (χ1n) is 6.92. The molecule has 0 heterocycles. The summed E-state index contributed by atoms with van der Waals surface area (Å²) in [6, 6.07) is 13.4. The first-order chi connectivity index (χ1) is 10.1. The monoisotopic (exact) mass is 305 g/mol. The highest BCUT2D eigenvalue weighted by molar-refractivity contribution is 6.30. The Morgan fingerprint density at radius 2 is 2.05 bits per heavy atom. The normalized spacial score (nSPS) is 12.1. The number of aromatic hydroxyl groups is 1. The molecule has 3 nitrogen and oxygen atoms in total. The van der Waals surface area contributed by atoms with Crippen LogP contribution in [-0.4, -0.2) is 18.3 Å². The van der Waals surface area contributed by atoms with Crippen molar-refractivity contribution < 1.29 is 9.84 Å². The molecule has 112 valence electrons. The zero-order valence-corrected chi connectivity index (χ0v) is 13.0. The highest BCUT2D eigenvalue weighted by atomic mass is 35.5. The quantitative estimate of drug-likeness (QED) is 0.853. The molecule has 0 amide bonds. The van der Waals surface area contributed by atoms with Crippen LogP contribution in [0.3, 0.4) is 0 Å². The van der Waals surface area contributed by atoms with E-state index in [1.54, 1.807) is 19.2 Å². The third-order valence-electron chi connectivity index (χ3n) is 3.36. The first kappa shape index (κ1) is 15.7. The van der Waals surface area contributed by atoms with Gasteiger partial charge in [0.2, 0.25) is 0 Å². The van der Waals surface area contributed by atoms with E-state index >= 15 is 0 Å². The molecule has 0 saturated heterocycles. The minimum atomic E-state index is 0.272. The van der Waals surface area contributed by atoms with E-state index in [1.807, 2.05) is 24.3 Å². The van der Waals surface area contributed by atoms with Crippen LogP contribution in [0.2, 0.25) is 5.02 Å². The van der Waals surface area contributed by atoms with Gasteiger partial charge in [-0.3, -0.25) is 0 Å². The smallest absolute Gasteiger partial charge is 0.120 e. The van der Waals surface area contributed by atoms with Crippen LogP contribution < -0.4 is 10.1 Å². The Morgan fingerprint density at radius 3 is 2.76 bits per heavy atom. The average molecular weight is 306 g/mol. The molecule has 0 aliphatic carbocycles. The second-order valence-electron chi connectivity index (χ2n) is 5.11. The van der Waals surface area contributed by atoms with E-state index in [4.69, 9.17) is 16.3 Å². The van der Waals surface area contributed by atoms with Crippen molar-refractivity contribution in [3.8, 4) is 11.5 Å². The van der Waals surface area contributed by atoms with Gasteiger partial charge in [0, 0.05) is 23.2 Å². The molecule has 2 rings (SSSR count). The van der Waals surface area contributed by atoms with Gasteiger partial charge in [-0.25, -0.2) is 0 Å². The van der Waals surface area contributed by atoms with Gasteiger partial charge in [0.25, 0.3) is 0 Å². The number of hydrogen-bond donors (Lipinski definition) is 2. The van der Waals surface area contributed by atoms with Crippen molar-refractivity contribution in [2.24, 2.45) is 0 Å². The fourth-order valence-electron chi connectivity index (χ4n) is 2.20. The lowest BCUT2D eigenvalue weighted by Gasteiger charge is -2.15. The van der Waals surface area contributed by atoms with Gasteiger partial charge in [-0.05, 0) is 49.2 Å². The van der Waals surface area contributed by atoms with Crippen LogP contribution >= 0.6 is 11.6 Å². The predicted octanol–water partition coefficient (Wildman–Crippen LogP) is 3.78. The summed E-state index contributed by atoms with van der Waals surface area (Å²) in [7, 11) is 1.62. The molecule has 0 radical (unpaired) electrons. The standard InChI is InChI=1S/C17H20ClNO2/c1-12(8-13-4-3-5-15(18)9-13)19-11-14-10-16(21-2)6-7-17(14)20/h3-7,9-10,12,19-20H,8,11H2,1-2H3. The molecule has 2 aromatic rings. The van der Waals surface area contributed by atoms with Crippen molar-refractivity contribution in [3.05, 3.63) is 58.6 Å². The lowest BCUT2D eigenvalue weighted by molar-refractivity contribution is 0.409. The molecule has 0 bridgehead atoms. The summed E-state index contributed by atoms with van der Waals surface area (Å²) in [4.78, 5) is 0. The second-order valence-corrected chi connectivity index (χ2v) is 5.55. The lowest BCUT2D eigenvalue weighted by atomic mass is 10.1. The summed E-state index contributed by atoms with van der Waals surface area (Å²) >= 11 is 5.99. The molecule has 0 aliphatic heterocycles. The average Bonchev–Trinajstić information content (AvgIpc) is 2.46. The molecule has 0 saturated carbocycles. The number of methoxy groups -OCH3 is 1. The third-order valence-corrected chi connectivity index (χ3v) is 3.59. The number of halogens is 1. The fraction of sp³-hybridized carbons (Fsp3) is 0.294. The Hall–Kier alpha value is -1.71. The lowest BCUT2D eigenvalue weighted by Crippen LogP contribution is -2.27. The number of nitrogens with one attached hydrogen (secondary N) is 1. The summed E-state index contributed by atoms with van der Waals surface area (Å²) in [6.07, 6.45) is 0.880. The van der Waals surface area contributed by atoms with Crippen molar-refractivity contribution >= 4 is 11.6 Å². The number of benzene rings is 2. The van der Waals surface area contributed by atoms with E-state index in [2.05, 4.69) is 18.3 Å². The van der Waals surface area contributed by atoms with Gasteiger partial charge >= 0.3 is 0 Å².